The number of aliphatic carboxylic acids is 2. The van der Waals surface area contributed by atoms with E-state index in [0.29, 0.717) is 17.7 Å². The standard InChI is InChI=1S/C19H26N2O7/c1-3-15(22)20-8-7-16(23)21-14-6-4-5-13(10-14)11-28-18(19(26)27)12(2)9-17(24)25/h4-6,10,12,18H,3,7-9,11H2,1-2H3,(H,20,22)(H,21,23)(H,24,25)(H,26,27)/t12?,18-/m0/s1. The summed E-state index contributed by atoms with van der Waals surface area (Å²) in [5, 5.41) is 23.4. The summed E-state index contributed by atoms with van der Waals surface area (Å²) in [6.45, 7) is 3.42. The third-order valence-electron chi connectivity index (χ3n) is 3.89. The van der Waals surface area contributed by atoms with E-state index in [-0.39, 0.29) is 37.8 Å². The molecule has 0 heterocycles. The molecule has 0 saturated carbocycles. The molecule has 1 unspecified atom stereocenters. The number of carbonyl (C=O) groups is 4. The first kappa shape index (κ1) is 23.1. The van der Waals surface area contributed by atoms with Gasteiger partial charge in [-0.1, -0.05) is 26.0 Å². The summed E-state index contributed by atoms with van der Waals surface area (Å²) in [4.78, 5) is 45.2. The molecule has 28 heavy (non-hydrogen) atoms. The lowest BCUT2D eigenvalue weighted by Gasteiger charge is -2.19. The summed E-state index contributed by atoms with van der Waals surface area (Å²) in [5.41, 5.74) is 1.14. The Kier molecular flexibility index (Phi) is 9.66. The fourth-order valence-corrected chi connectivity index (χ4v) is 2.45. The van der Waals surface area contributed by atoms with Crippen LogP contribution in [-0.4, -0.2) is 46.6 Å². The van der Waals surface area contributed by atoms with Crippen LogP contribution in [0.4, 0.5) is 5.69 Å². The second-order valence-electron chi connectivity index (χ2n) is 6.35. The molecule has 0 aliphatic carbocycles. The number of nitrogens with one attached hydrogen (secondary N) is 2. The number of amides is 2. The normalized spacial score (nSPS) is 12.6. The SMILES string of the molecule is CCC(=O)NCCC(=O)Nc1cccc(CO[C@H](C(=O)O)C(C)CC(=O)O)c1. The minimum absolute atomic E-state index is 0.0445. The molecular formula is C19H26N2O7. The van der Waals surface area contributed by atoms with E-state index < -0.39 is 24.0 Å². The molecule has 0 spiro atoms. The molecule has 1 aromatic carbocycles. The van der Waals surface area contributed by atoms with E-state index >= 15 is 0 Å². The Bertz CT molecular complexity index is 705. The average Bonchev–Trinajstić information content (AvgIpc) is 2.61. The smallest absolute Gasteiger partial charge is 0.333 e. The highest BCUT2D eigenvalue weighted by atomic mass is 16.5. The number of hydrogen-bond donors (Lipinski definition) is 4. The van der Waals surface area contributed by atoms with Crippen molar-refractivity contribution in [1.29, 1.82) is 0 Å². The van der Waals surface area contributed by atoms with Gasteiger partial charge in [0.2, 0.25) is 11.8 Å². The Morgan fingerprint density at radius 3 is 2.46 bits per heavy atom. The number of carbonyl (C=O) groups excluding carboxylic acids is 2. The van der Waals surface area contributed by atoms with Crippen LogP contribution in [0.5, 0.6) is 0 Å². The molecule has 9 nitrogen and oxygen atoms in total. The van der Waals surface area contributed by atoms with E-state index in [4.69, 9.17) is 9.84 Å². The van der Waals surface area contributed by atoms with E-state index in [2.05, 4.69) is 10.6 Å². The van der Waals surface area contributed by atoms with Gasteiger partial charge in [0.15, 0.2) is 6.10 Å². The topological polar surface area (TPSA) is 142 Å². The third kappa shape index (κ3) is 8.63. The molecule has 154 valence electrons. The zero-order chi connectivity index (χ0) is 21.1. The molecule has 2 amide bonds. The highest BCUT2D eigenvalue weighted by Crippen LogP contribution is 2.17. The van der Waals surface area contributed by atoms with Crippen molar-refractivity contribution in [2.24, 2.45) is 5.92 Å². The van der Waals surface area contributed by atoms with Gasteiger partial charge in [0.25, 0.3) is 0 Å². The van der Waals surface area contributed by atoms with E-state index in [1.165, 1.54) is 6.92 Å². The summed E-state index contributed by atoms with van der Waals surface area (Å²) in [7, 11) is 0. The molecule has 0 aromatic heterocycles. The van der Waals surface area contributed by atoms with Crippen molar-refractivity contribution in [1.82, 2.24) is 5.32 Å². The Balaban J connectivity index is 2.59. The van der Waals surface area contributed by atoms with Crippen LogP contribution in [0.15, 0.2) is 24.3 Å². The van der Waals surface area contributed by atoms with Gasteiger partial charge in [0, 0.05) is 31.0 Å². The summed E-state index contributed by atoms with van der Waals surface area (Å²) in [6.07, 6.45) is -1.09. The lowest BCUT2D eigenvalue weighted by Crippen LogP contribution is -2.32. The minimum Gasteiger partial charge on any atom is -0.481 e. The van der Waals surface area contributed by atoms with Gasteiger partial charge in [-0.05, 0) is 17.7 Å². The summed E-state index contributed by atoms with van der Waals surface area (Å²) < 4.78 is 5.39. The van der Waals surface area contributed by atoms with Gasteiger partial charge >= 0.3 is 11.9 Å². The average molecular weight is 394 g/mol. The molecular weight excluding hydrogens is 368 g/mol. The van der Waals surface area contributed by atoms with Crippen LogP contribution in [0.1, 0.15) is 38.7 Å². The highest BCUT2D eigenvalue weighted by molar-refractivity contribution is 5.91. The van der Waals surface area contributed by atoms with Crippen molar-refractivity contribution in [3.8, 4) is 0 Å². The highest BCUT2D eigenvalue weighted by Gasteiger charge is 2.27. The Morgan fingerprint density at radius 1 is 1.14 bits per heavy atom. The Hall–Kier alpha value is -2.94. The number of carboxylic acids is 2. The lowest BCUT2D eigenvalue weighted by atomic mass is 10.0. The van der Waals surface area contributed by atoms with E-state index in [0.717, 1.165) is 0 Å². The molecule has 0 fully saturated rings. The molecule has 0 aliphatic heterocycles. The summed E-state index contributed by atoms with van der Waals surface area (Å²) in [6, 6.07) is 6.71. The molecule has 0 radical (unpaired) electrons. The van der Waals surface area contributed by atoms with Crippen LogP contribution >= 0.6 is 0 Å². The molecule has 4 N–H and O–H groups in total. The quantitative estimate of drug-likeness (QED) is 0.422. The van der Waals surface area contributed by atoms with E-state index in [9.17, 15) is 24.3 Å². The molecule has 2 atom stereocenters. The van der Waals surface area contributed by atoms with Crippen molar-refractivity contribution in [2.75, 3.05) is 11.9 Å². The predicted octanol–water partition coefficient (Wildman–Crippen LogP) is 1.62. The molecule has 1 rings (SSSR count). The Morgan fingerprint density at radius 2 is 1.86 bits per heavy atom. The van der Waals surface area contributed by atoms with Crippen LogP contribution in [0.25, 0.3) is 0 Å². The van der Waals surface area contributed by atoms with Crippen LogP contribution in [0.3, 0.4) is 0 Å². The molecule has 0 bridgehead atoms. The fraction of sp³-hybridized carbons (Fsp3) is 0.474. The van der Waals surface area contributed by atoms with E-state index in [1.807, 2.05) is 0 Å². The second kappa shape index (κ2) is 11.7. The van der Waals surface area contributed by atoms with Gasteiger partial charge in [-0.3, -0.25) is 14.4 Å². The first-order valence-corrected chi connectivity index (χ1v) is 8.94. The van der Waals surface area contributed by atoms with Gasteiger partial charge in [0.1, 0.15) is 0 Å². The van der Waals surface area contributed by atoms with E-state index in [1.54, 1.807) is 31.2 Å². The molecule has 0 aliphatic rings. The molecule has 1 aromatic rings. The number of hydrogen-bond acceptors (Lipinski definition) is 5. The number of ether oxygens (including phenoxy) is 1. The monoisotopic (exact) mass is 394 g/mol. The van der Waals surface area contributed by atoms with Crippen LogP contribution in [0.2, 0.25) is 0 Å². The first-order chi connectivity index (χ1) is 13.2. The van der Waals surface area contributed by atoms with Gasteiger partial charge in [-0.15, -0.1) is 0 Å². The lowest BCUT2D eigenvalue weighted by molar-refractivity contribution is -0.156. The van der Waals surface area contributed by atoms with Crippen molar-refractivity contribution in [3.63, 3.8) is 0 Å². The maximum Gasteiger partial charge on any atom is 0.333 e. The van der Waals surface area contributed by atoms with Crippen molar-refractivity contribution in [3.05, 3.63) is 29.8 Å². The maximum absolute atomic E-state index is 11.9. The van der Waals surface area contributed by atoms with Gasteiger partial charge in [-0.2, -0.15) is 0 Å². The molecule has 9 heteroatoms. The van der Waals surface area contributed by atoms with Gasteiger partial charge < -0.3 is 25.6 Å². The number of benzene rings is 1. The van der Waals surface area contributed by atoms with Gasteiger partial charge in [-0.25, -0.2) is 4.79 Å². The van der Waals surface area contributed by atoms with Gasteiger partial charge in [0.05, 0.1) is 13.0 Å². The largest absolute Gasteiger partial charge is 0.481 e. The van der Waals surface area contributed by atoms with Crippen LogP contribution in [0, 0.1) is 5.92 Å². The minimum atomic E-state index is -1.25. The van der Waals surface area contributed by atoms with Crippen molar-refractivity contribution in [2.45, 2.75) is 45.8 Å². The predicted molar refractivity (Wildman–Crippen MR) is 101 cm³/mol. The van der Waals surface area contributed by atoms with Crippen molar-refractivity contribution < 1.29 is 34.1 Å². The fourth-order valence-electron chi connectivity index (χ4n) is 2.45. The first-order valence-electron chi connectivity index (χ1n) is 8.94. The maximum atomic E-state index is 11.9. The van der Waals surface area contributed by atoms with Crippen LogP contribution < -0.4 is 10.6 Å². The Labute approximate surface area is 163 Å². The third-order valence-corrected chi connectivity index (χ3v) is 3.89. The molecule has 0 saturated heterocycles. The number of anilines is 1. The van der Waals surface area contributed by atoms with Crippen molar-refractivity contribution >= 4 is 29.4 Å². The summed E-state index contributed by atoms with van der Waals surface area (Å²) >= 11 is 0. The zero-order valence-corrected chi connectivity index (χ0v) is 15.9. The summed E-state index contributed by atoms with van der Waals surface area (Å²) in [5.74, 6) is -3.42. The number of carboxylic acid groups (broad SMARTS) is 2. The zero-order valence-electron chi connectivity index (χ0n) is 15.9. The number of rotatable bonds is 12. The second-order valence-corrected chi connectivity index (χ2v) is 6.35. The van der Waals surface area contributed by atoms with Crippen LogP contribution in [-0.2, 0) is 30.5 Å².